The van der Waals surface area contributed by atoms with Crippen molar-refractivity contribution in [2.75, 3.05) is 25.1 Å². The van der Waals surface area contributed by atoms with Crippen LogP contribution in [0.5, 0.6) is 0 Å². The number of piperidine rings is 1. The monoisotopic (exact) mass is 225 g/mol. The molecule has 1 fully saturated rings. The molecule has 1 saturated heterocycles. The van der Waals surface area contributed by atoms with Crippen LogP contribution in [0.2, 0.25) is 0 Å². The number of hydrogen-bond donors (Lipinski definition) is 0. The molecule has 0 saturated carbocycles. The van der Waals surface area contributed by atoms with Crippen molar-refractivity contribution in [2.45, 2.75) is 25.4 Å². The number of anilines is 1. The number of methoxy groups -OCH3 is 1. The van der Waals surface area contributed by atoms with Gasteiger partial charge in [-0.25, -0.2) is 9.97 Å². The molecule has 1 aromatic heterocycles. The number of hydrogen-bond acceptors (Lipinski definition) is 4. The highest BCUT2D eigenvalue weighted by atomic mass is 19.1. The first kappa shape index (κ1) is 11.3. The lowest BCUT2D eigenvalue weighted by Gasteiger charge is -2.39. The van der Waals surface area contributed by atoms with Gasteiger partial charge in [-0.05, 0) is 19.8 Å². The highest BCUT2D eigenvalue weighted by Crippen LogP contribution is 2.26. The maximum Gasteiger partial charge on any atom is 0.218 e. The Balaban J connectivity index is 2.16. The Kier molecular flexibility index (Phi) is 3.05. The van der Waals surface area contributed by atoms with Crippen molar-refractivity contribution < 1.29 is 9.13 Å². The van der Waals surface area contributed by atoms with Crippen LogP contribution in [0.25, 0.3) is 0 Å². The van der Waals surface area contributed by atoms with E-state index < -0.39 is 5.95 Å². The zero-order chi connectivity index (χ0) is 11.6. The van der Waals surface area contributed by atoms with Gasteiger partial charge in [0.2, 0.25) is 5.95 Å². The molecule has 0 amide bonds. The van der Waals surface area contributed by atoms with Crippen LogP contribution in [0.1, 0.15) is 19.8 Å². The molecule has 0 radical (unpaired) electrons. The van der Waals surface area contributed by atoms with E-state index in [-0.39, 0.29) is 5.60 Å². The topological polar surface area (TPSA) is 38.2 Å². The second kappa shape index (κ2) is 4.33. The number of aromatic nitrogens is 2. The van der Waals surface area contributed by atoms with Crippen molar-refractivity contribution >= 4 is 5.82 Å². The molecule has 0 bridgehead atoms. The van der Waals surface area contributed by atoms with E-state index in [9.17, 15) is 4.39 Å². The first-order chi connectivity index (χ1) is 7.63. The summed E-state index contributed by atoms with van der Waals surface area (Å²) in [5, 5.41) is 0. The predicted molar refractivity (Wildman–Crippen MR) is 58.9 cm³/mol. The zero-order valence-electron chi connectivity index (χ0n) is 9.61. The summed E-state index contributed by atoms with van der Waals surface area (Å²) in [7, 11) is 1.71. The Morgan fingerprint density at radius 3 is 3.00 bits per heavy atom. The first-order valence-electron chi connectivity index (χ1n) is 5.41. The minimum Gasteiger partial charge on any atom is -0.377 e. The molecule has 0 aliphatic carbocycles. The van der Waals surface area contributed by atoms with Crippen LogP contribution in [-0.4, -0.2) is 35.8 Å². The molecule has 0 spiro atoms. The lowest BCUT2D eigenvalue weighted by Crippen LogP contribution is -2.47. The van der Waals surface area contributed by atoms with Crippen molar-refractivity contribution in [1.29, 1.82) is 0 Å². The van der Waals surface area contributed by atoms with Gasteiger partial charge < -0.3 is 9.64 Å². The van der Waals surface area contributed by atoms with Gasteiger partial charge in [-0.2, -0.15) is 4.39 Å². The summed E-state index contributed by atoms with van der Waals surface area (Å²) in [6, 6.07) is 1.36. The summed E-state index contributed by atoms with van der Waals surface area (Å²) in [5.41, 5.74) is -0.167. The van der Waals surface area contributed by atoms with E-state index in [1.54, 1.807) is 7.11 Å². The summed E-state index contributed by atoms with van der Waals surface area (Å²) < 4.78 is 18.5. The van der Waals surface area contributed by atoms with Crippen LogP contribution in [0.3, 0.4) is 0 Å². The van der Waals surface area contributed by atoms with E-state index in [2.05, 4.69) is 16.9 Å². The number of rotatable bonds is 2. The molecule has 1 aliphatic heterocycles. The van der Waals surface area contributed by atoms with Gasteiger partial charge in [-0.1, -0.05) is 0 Å². The molecule has 1 aliphatic rings. The van der Waals surface area contributed by atoms with E-state index in [0.29, 0.717) is 5.82 Å². The van der Waals surface area contributed by atoms with Crippen LogP contribution < -0.4 is 4.90 Å². The number of ether oxygens (including phenoxy) is 1. The Hall–Kier alpha value is -1.23. The summed E-state index contributed by atoms with van der Waals surface area (Å²) in [5.74, 6) is 0.144. The molecule has 2 rings (SSSR count). The van der Waals surface area contributed by atoms with Crippen molar-refractivity contribution in [1.82, 2.24) is 9.97 Å². The van der Waals surface area contributed by atoms with Crippen LogP contribution in [0.15, 0.2) is 12.4 Å². The van der Waals surface area contributed by atoms with E-state index >= 15 is 0 Å². The zero-order valence-corrected chi connectivity index (χ0v) is 9.61. The molecule has 0 N–H and O–H groups in total. The third kappa shape index (κ3) is 2.29. The van der Waals surface area contributed by atoms with Crippen LogP contribution in [0.4, 0.5) is 10.2 Å². The average Bonchev–Trinajstić information content (AvgIpc) is 2.29. The molecule has 0 aromatic carbocycles. The van der Waals surface area contributed by atoms with Gasteiger partial charge in [-0.15, -0.1) is 0 Å². The molecular weight excluding hydrogens is 209 g/mol. The number of halogens is 1. The first-order valence-corrected chi connectivity index (χ1v) is 5.41. The smallest absolute Gasteiger partial charge is 0.218 e. The van der Waals surface area contributed by atoms with Crippen molar-refractivity contribution in [3.8, 4) is 0 Å². The average molecular weight is 225 g/mol. The second-order valence-corrected chi connectivity index (χ2v) is 4.38. The third-order valence-corrected chi connectivity index (χ3v) is 3.10. The van der Waals surface area contributed by atoms with Crippen molar-refractivity contribution in [2.24, 2.45) is 0 Å². The summed E-state index contributed by atoms with van der Waals surface area (Å²) in [4.78, 5) is 9.58. The molecule has 16 heavy (non-hydrogen) atoms. The van der Waals surface area contributed by atoms with Gasteiger partial charge in [0, 0.05) is 26.3 Å². The number of nitrogens with zero attached hydrogens (tertiary/aromatic N) is 3. The van der Waals surface area contributed by atoms with Crippen molar-refractivity contribution in [3.05, 3.63) is 18.3 Å². The summed E-state index contributed by atoms with van der Waals surface area (Å²) >= 11 is 0. The van der Waals surface area contributed by atoms with E-state index in [1.165, 1.54) is 12.4 Å². The van der Waals surface area contributed by atoms with Gasteiger partial charge in [0.15, 0.2) is 0 Å². The lowest BCUT2D eigenvalue weighted by atomic mass is 9.95. The Labute approximate surface area is 94.5 Å². The normalized spacial score (nSPS) is 25.8. The van der Waals surface area contributed by atoms with Gasteiger partial charge >= 0.3 is 0 Å². The molecule has 4 nitrogen and oxygen atoms in total. The van der Waals surface area contributed by atoms with Gasteiger partial charge in [-0.3, -0.25) is 0 Å². The van der Waals surface area contributed by atoms with Crippen LogP contribution >= 0.6 is 0 Å². The largest absolute Gasteiger partial charge is 0.377 e. The standard InChI is InChI=1S/C11H16FN3O/c1-11(16-2)4-3-5-15(7-11)10-6-9(12)13-8-14-10/h6,8H,3-5,7H2,1-2H3. The Morgan fingerprint density at radius 1 is 1.50 bits per heavy atom. The molecule has 5 heteroatoms. The Morgan fingerprint density at radius 2 is 2.31 bits per heavy atom. The van der Waals surface area contributed by atoms with E-state index in [0.717, 1.165) is 25.9 Å². The minimum atomic E-state index is -0.491. The van der Waals surface area contributed by atoms with E-state index in [4.69, 9.17) is 4.74 Å². The fourth-order valence-corrected chi connectivity index (χ4v) is 2.07. The molecule has 1 atom stereocenters. The van der Waals surface area contributed by atoms with Gasteiger partial charge in [0.25, 0.3) is 0 Å². The molecule has 1 aromatic rings. The summed E-state index contributed by atoms with van der Waals surface area (Å²) in [6.45, 7) is 3.69. The fraction of sp³-hybridized carbons (Fsp3) is 0.636. The quantitative estimate of drug-likeness (QED) is 0.717. The molecule has 88 valence electrons. The van der Waals surface area contributed by atoms with Gasteiger partial charge in [0.1, 0.15) is 12.1 Å². The maximum absolute atomic E-state index is 13.0. The predicted octanol–water partition coefficient (Wildman–Crippen LogP) is 1.62. The minimum absolute atomic E-state index is 0.167. The molecular formula is C11H16FN3O. The molecule has 2 heterocycles. The highest BCUT2D eigenvalue weighted by Gasteiger charge is 2.31. The lowest BCUT2D eigenvalue weighted by molar-refractivity contribution is -0.00483. The third-order valence-electron chi connectivity index (χ3n) is 3.10. The van der Waals surface area contributed by atoms with E-state index in [1.807, 2.05) is 4.90 Å². The maximum atomic E-state index is 13.0. The summed E-state index contributed by atoms with van der Waals surface area (Å²) in [6.07, 6.45) is 3.30. The fourth-order valence-electron chi connectivity index (χ4n) is 2.07. The second-order valence-electron chi connectivity index (χ2n) is 4.38. The van der Waals surface area contributed by atoms with Crippen LogP contribution in [0, 0.1) is 5.95 Å². The molecule has 1 unspecified atom stereocenters. The van der Waals surface area contributed by atoms with Crippen LogP contribution in [-0.2, 0) is 4.74 Å². The van der Waals surface area contributed by atoms with Gasteiger partial charge in [0.05, 0.1) is 5.60 Å². The SMILES string of the molecule is COC1(C)CCCN(c2cc(F)ncn2)C1. The van der Waals surface area contributed by atoms with Crippen molar-refractivity contribution in [3.63, 3.8) is 0 Å². The Bertz CT molecular complexity index is 374. The highest BCUT2D eigenvalue weighted by molar-refractivity contribution is 5.38.